The monoisotopic (exact) mass is 450 g/mol. The smallest absolute Gasteiger partial charge is 0.258 e. The molecule has 1 aliphatic heterocycles. The number of nitrogens with one attached hydrogen (secondary N) is 1. The summed E-state index contributed by atoms with van der Waals surface area (Å²) in [7, 11) is 0. The van der Waals surface area contributed by atoms with Crippen LogP contribution >= 0.6 is 12.2 Å². The van der Waals surface area contributed by atoms with Crippen molar-refractivity contribution in [1.29, 1.82) is 0 Å². The summed E-state index contributed by atoms with van der Waals surface area (Å²) in [5, 5.41) is 8.21. The molecule has 0 fully saturated rings. The number of halogens is 1. The SMILES string of the molecule is CC1=C(c2nc(-c3cccc(C)c3)no2)C(c2cccc(F)c2)NC(=S)N1CCC(C)C. The minimum absolute atomic E-state index is 0.305. The lowest BCUT2D eigenvalue weighted by molar-refractivity contribution is 0.390. The number of allylic oxidation sites excluding steroid dienone is 1. The van der Waals surface area contributed by atoms with Gasteiger partial charge in [0, 0.05) is 17.8 Å². The first-order valence-electron chi connectivity index (χ1n) is 10.8. The molecule has 1 aromatic heterocycles. The molecule has 3 aromatic rings. The zero-order valence-corrected chi connectivity index (χ0v) is 19.5. The Labute approximate surface area is 193 Å². The lowest BCUT2D eigenvalue weighted by atomic mass is 9.94. The Balaban J connectivity index is 1.80. The molecule has 1 aliphatic rings. The van der Waals surface area contributed by atoms with E-state index in [0.29, 0.717) is 22.7 Å². The van der Waals surface area contributed by atoms with Crippen molar-refractivity contribution in [3.8, 4) is 11.4 Å². The van der Waals surface area contributed by atoms with E-state index in [1.54, 1.807) is 6.07 Å². The van der Waals surface area contributed by atoms with Crippen LogP contribution in [-0.2, 0) is 0 Å². The maximum absolute atomic E-state index is 14.1. The standard InChI is InChI=1S/C25H27FN4OS/c1-15(2)11-12-30-17(4)21(22(27-25(30)32)18-8-6-10-20(26)14-18)24-28-23(29-31-24)19-9-5-7-16(3)13-19/h5-10,13-15,22H,11-12H2,1-4H3,(H,27,32). The second-order valence-corrected chi connectivity index (χ2v) is 8.95. The van der Waals surface area contributed by atoms with Crippen LogP contribution in [-0.4, -0.2) is 26.7 Å². The molecule has 2 heterocycles. The third kappa shape index (κ3) is 4.58. The molecule has 0 spiro atoms. The Hall–Kier alpha value is -3.06. The second kappa shape index (κ2) is 9.20. The van der Waals surface area contributed by atoms with Crippen molar-refractivity contribution >= 4 is 22.9 Å². The van der Waals surface area contributed by atoms with Gasteiger partial charge in [-0.3, -0.25) is 0 Å². The Kier molecular flexibility index (Phi) is 6.37. The fourth-order valence-corrected chi connectivity index (χ4v) is 4.23. The van der Waals surface area contributed by atoms with Gasteiger partial charge in [0.15, 0.2) is 5.11 Å². The highest BCUT2D eigenvalue weighted by Gasteiger charge is 2.34. The molecule has 4 rings (SSSR count). The van der Waals surface area contributed by atoms with Crippen LogP contribution < -0.4 is 5.32 Å². The molecule has 32 heavy (non-hydrogen) atoms. The molecule has 7 heteroatoms. The van der Waals surface area contributed by atoms with Gasteiger partial charge in [0.1, 0.15) is 5.82 Å². The summed E-state index contributed by atoms with van der Waals surface area (Å²) < 4.78 is 19.8. The molecular weight excluding hydrogens is 423 g/mol. The van der Waals surface area contributed by atoms with E-state index in [9.17, 15) is 4.39 Å². The first-order valence-corrected chi connectivity index (χ1v) is 11.2. The summed E-state index contributed by atoms with van der Waals surface area (Å²) in [6.07, 6.45) is 0.982. The van der Waals surface area contributed by atoms with E-state index in [1.807, 2.05) is 44.2 Å². The Morgan fingerprint density at radius 2 is 1.94 bits per heavy atom. The maximum atomic E-state index is 14.1. The normalized spacial score (nSPS) is 16.6. The van der Waals surface area contributed by atoms with Crippen molar-refractivity contribution in [3.63, 3.8) is 0 Å². The minimum Gasteiger partial charge on any atom is -0.351 e. The van der Waals surface area contributed by atoms with Gasteiger partial charge in [-0.1, -0.05) is 54.9 Å². The highest BCUT2D eigenvalue weighted by Crippen LogP contribution is 2.37. The number of aryl methyl sites for hydroxylation is 1. The number of benzene rings is 2. The number of rotatable bonds is 6. The van der Waals surface area contributed by atoms with Crippen molar-refractivity contribution in [3.05, 3.63) is 77.1 Å². The molecule has 0 amide bonds. The van der Waals surface area contributed by atoms with Crippen molar-refractivity contribution in [2.24, 2.45) is 5.92 Å². The van der Waals surface area contributed by atoms with E-state index in [2.05, 4.69) is 29.2 Å². The number of hydrogen-bond acceptors (Lipinski definition) is 4. The van der Waals surface area contributed by atoms with Gasteiger partial charge in [0.05, 0.1) is 11.6 Å². The van der Waals surface area contributed by atoms with Crippen LogP contribution in [0.15, 0.2) is 58.8 Å². The zero-order valence-electron chi connectivity index (χ0n) is 18.7. The third-order valence-electron chi connectivity index (χ3n) is 5.64. The van der Waals surface area contributed by atoms with Gasteiger partial charge in [-0.2, -0.15) is 4.98 Å². The molecule has 0 radical (unpaired) electrons. The van der Waals surface area contributed by atoms with Crippen LogP contribution in [0.3, 0.4) is 0 Å². The van der Waals surface area contributed by atoms with E-state index >= 15 is 0 Å². The molecule has 0 bridgehead atoms. The minimum atomic E-state index is -0.390. The average Bonchev–Trinajstić information content (AvgIpc) is 3.22. The first kappa shape index (κ1) is 22.1. The van der Waals surface area contributed by atoms with Gasteiger partial charge in [-0.05, 0) is 62.2 Å². The van der Waals surface area contributed by atoms with E-state index in [-0.39, 0.29) is 11.9 Å². The van der Waals surface area contributed by atoms with Gasteiger partial charge in [0.2, 0.25) is 5.82 Å². The van der Waals surface area contributed by atoms with Gasteiger partial charge >= 0.3 is 0 Å². The van der Waals surface area contributed by atoms with Crippen molar-refractivity contribution in [2.75, 3.05) is 6.54 Å². The largest absolute Gasteiger partial charge is 0.351 e. The highest BCUT2D eigenvalue weighted by molar-refractivity contribution is 7.80. The van der Waals surface area contributed by atoms with Crippen LogP contribution in [0.2, 0.25) is 0 Å². The molecule has 166 valence electrons. The first-order chi connectivity index (χ1) is 15.3. The molecule has 1 atom stereocenters. The molecule has 1 unspecified atom stereocenters. The lowest BCUT2D eigenvalue weighted by Crippen LogP contribution is -2.46. The summed E-state index contributed by atoms with van der Waals surface area (Å²) in [6, 6.07) is 14.1. The van der Waals surface area contributed by atoms with Gasteiger partial charge < -0.3 is 14.7 Å². The molecule has 0 saturated carbocycles. The number of thiocarbonyl (C=S) groups is 1. The third-order valence-corrected chi connectivity index (χ3v) is 5.98. The summed E-state index contributed by atoms with van der Waals surface area (Å²) in [6.45, 7) is 9.17. The fourth-order valence-electron chi connectivity index (χ4n) is 3.89. The summed E-state index contributed by atoms with van der Waals surface area (Å²) >= 11 is 5.69. The molecule has 1 N–H and O–H groups in total. The molecule has 0 saturated heterocycles. The number of aromatic nitrogens is 2. The van der Waals surface area contributed by atoms with Gasteiger partial charge in [0.25, 0.3) is 5.89 Å². The molecule has 5 nitrogen and oxygen atoms in total. The highest BCUT2D eigenvalue weighted by atomic mass is 32.1. The summed E-state index contributed by atoms with van der Waals surface area (Å²) in [5.41, 5.74) is 4.49. The Morgan fingerprint density at radius 3 is 2.66 bits per heavy atom. The predicted molar refractivity (Wildman–Crippen MR) is 128 cm³/mol. The van der Waals surface area contributed by atoms with E-state index in [0.717, 1.165) is 40.9 Å². The number of hydrogen-bond donors (Lipinski definition) is 1. The maximum Gasteiger partial charge on any atom is 0.258 e. The van der Waals surface area contributed by atoms with Crippen LogP contribution in [0.5, 0.6) is 0 Å². The quantitative estimate of drug-likeness (QED) is 0.473. The topological polar surface area (TPSA) is 54.2 Å². The van der Waals surface area contributed by atoms with Gasteiger partial charge in [-0.15, -0.1) is 0 Å². The van der Waals surface area contributed by atoms with E-state index in [4.69, 9.17) is 21.7 Å². The van der Waals surface area contributed by atoms with Crippen molar-refractivity contribution in [2.45, 2.75) is 40.2 Å². The van der Waals surface area contributed by atoms with Crippen LogP contribution in [0, 0.1) is 18.7 Å². The lowest BCUT2D eigenvalue weighted by Gasteiger charge is -2.37. The zero-order chi connectivity index (χ0) is 22.8. The molecular formula is C25H27FN4OS. The van der Waals surface area contributed by atoms with Gasteiger partial charge in [-0.25, -0.2) is 4.39 Å². The molecule has 2 aromatic carbocycles. The predicted octanol–water partition coefficient (Wildman–Crippen LogP) is 5.89. The Bertz CT molecular complexity index is 1170. The van der Waals surface area contributed by atoms with E-state index in [1.165, 1.54) is 12.1 Å². The van der Waals surface area contributed by atoms with E-state index < -0.39 is 0 Å². The van der Waals surface area contributed by atoms with Crippen LogP contribution in [0.1, 0.15) is 50.3 Å². The van der Waals surface area contributed by atoms with Crippen LogP contribution in [0.4, 0.5) is 4.39 Å². The summed E-state index contributed by atoms with van der Waals surface area (Å²) in [4.78, 5) is 6.78. The number of nitrogens with zero attached hydrogens (tertiary/aromatic N) is 3. The second-order valence-electron chi connectivity index (χ2n) is 8.56. The molecule has 0 aliphatic carbocycles. The van der Waals surface area contributed by atoms with Crippen LogP contribution in [0.25, 0.3) is 17.0 Å². The Morgan fingerprint density at radius 1 is 1.16 bits per heavy atom. The fraction of sp³-hybridized carbons (Fsp3) is 0.320. The average molecular weight is 451 g/mol. The van der Waals surface area contributed by atoms with Crippen molar-refractivity contribution < 1.29 is 8.91 Å². The van der Waals surface area contributed by atoms with Crippen molar-refractivity contribution in [1.82, 2.24) is 20.4 Å². The summed E-state index contributed by atoms with van der Waals surface area (Å²) in [5.74, 6) is 1.15.